The van der Waals surface area contributed by atoms with Gasteiger partial charge in [-0.3, -0.25) is 19.4 Å². The van der Waals surface area contributed by atoms with Crippen LogP contribution in [0.15, 0.2) is 30.5 Å². The number of hydrogen-bond acceptors (Lipinski definition) is 5. The van der Waals surface area contributed by atoms with E-state index >= 15 is 0 Å². The van der Waals surface area contributed by atoms with Gasteiger partial charge in [-0.15, -0.1) is 0 Å². The number of carbonyl (C=O) groups is 3. The van der Waals surface area contributed by atoms with Gasteiger partial charge in [-0.1, -0.05) is 0 Å². The van der Waals surface area contributed by atoms with Gasteiger partial charge in [0.25, 0.3) is 0 Å². The van der Waals surface area contributed by atoms with Gasteiger partial charge >= 0.3 is 0 Å². The molecule has 1 N–H and O–H groups in total. The van der Waals surface area contributed by atoms with E-state index in [4.69, 9.17) is 5.26 Å². The monoisotopic (exact) mass is 403 g/mol. The van der Waals surface area contributed by atoms with Crippen molar-refractivity contribution in [3.8, 4) is 17.3 Å². The van der Waals surface area contributed by atoms with Crippen LogP contribution in [-0.4, -0.2) is 28.5 Å². The van der Waals surface area contributed by atoms with Crippen LogP contribution in [0.5, 0.6) is 0 Å². The maximum absolute atomic E-state index is 13.0. The summed E-state index contributed by atoms with van der Waals surface area (Å²) in [5, 5.41) is 11.7. The number of nitrogens with one attached hydrogen (secondary N) is 1. The van der Waals surface area contributed by atoms with Gasteiger partial charge in [-0.05, 0) is 68.7 Å². The highest BCUT2D eigenvalue weighted by molar-refractivity contribution is 6.15. The minimum Gasteiger partial charge on any atom is -0.354 e. The number of amides is 1. The summed E-state index contributed by atoms with van der Waals surface area (Å²) in [4.78, 5) is 42.2. The minimum absolute atomic E-state index is 0.00614. The number of hydrogen-bond donors (Lipinski definition) is 1. The van der Waals surface area contributed by atoms with Crippen LogP contribution in [0.25, 0.3) is 11.3 Å². The fourth-order valence-electron chi connectivity index (χ4n) is 4.15. The Morgan fingerprint density at radius 1 is 1.23 bits per heavy atom. The van der Waals surface area contributed by atoms with Gasteiger partial charge in [0.2, 0.25) is 5.91 Å². The lowest BCUT2D eigenvalue weighted by Crippen LogP contribution is -2.32. The number of aryl methyl sites for hydroxylation is 2. The number of nitriles is 1. The molecule has 1 amide bonds. The molecule has 0 aliphatic heterocycles. The number of benzene rings is 1. The fraction of sp³-hybridized carbons (Fsp3) is 0.375. The molecule has 30 heavy (non-hydrogen) atoms. The van der Waals surface area contributed by atoms with Crippen molar-refractivity contribution in [3.63, 3.8) is 0 Å². The molecule has 2 aromatic rings. The van der Waals surface area contributed by atoms with Crippen LogP contribution in [0.3, 0.4) is 0 Å². The molecule has 154 valence electrons. The highest BCUT2D eigenvalue weighted by Gasteiger charge is 2.43. The first-order valence-electron chi connectivity index (χ1n) is 10.0. The number of rotatable bonds is 5. The predicted octanol–water partition coefficient (Wildman–Crippen LogP) is 3.39. The van der Waals surface area contributed by atoms with Gasteiger partial charge in [0.1, 0.15) is 17.8 Å². The Labute approximate surface area is 176 Å². The quantitative estimate of drug-likeness (QED) is 0.772. The van der Waals surface area contributed by atoms with Crippen LogP contribution in [0.1, 0.15) is 54.9 Å². The van der Waals surface area contributed by atoms with Gasteiger partial charge < -0.3 is 5.32 Å². The molecule has 0 spiro atoms. The molecule has 0 bridgehead atoms. The number of ketones is 2. The smallest absolute Gasteiger partial charge is 0.220 e. The summed E-state index contributed by atoms with van der Waals surface area (Å²) >= 11 is 0. The number of pyridine rings is 1. The molecule has 1 saturated carbocycles. The van der Waals surface area contributed by atoms with E-state index in [9.17, 15) is 14.4 Å². The highest BCUT2D eigenvalue weighted by atomic mass is 16.2. The lowest BCUT2D eigenvalue weighted by molar-refractivity contribution is -0.128. The molecule has 6 nitrogen and oxygen atoms in total. The average molecular weight is 403 g/mol. The third-order valence-electron chi connectivity index (χ3n) is 5.41. The molecule has 2 atom stereocenters. The Kier molecular flexibility index (Phi) is 6.12. The van der Waals surface area contributed by atoms with Crippen molar-refractivity contribution in [1.82, 2.24) is 10.3 Å². The second kappa shape index (κ2) is 8.58. The van der Waals surface area contributed by atoms with E-state index in [1.54, 1.807) is 12.1 Å². The Morgan fingerprint density at radius 3 is 2.43 bits per heavy atom. The van der Waals surface area contributed by atoms with Crippen molar-refractivity contribution in [1.29, 1.82) is 5.26 Å². The van der Waals surface area contributed by atoms with Crippen LogP contribution >= 0.6 is 0 Å². The van der Waals surface area contributed by atoms with Crippen molar-refractivity contribution in [2.45, 2.75) is 52.5 Å². The van der Waals surface area contributed by atoms with E-state index in [2.05, 4.69) is 10.3 Å². The molecule has 6 heteroatoms. The zero-order chi connectivity index (χ0) is 22.0. The zero-order valence-corrected chi connectivity index (χ0v) is 17.7. The van der Waals surface area contributed by atoms with Crippen LogP contribution in [-0.2, 0) is 14.4 Å². The van der Waals surface area contributed by atoms with E-state index in [-0.39, 0.29) is 36.4 Å². The van der Waals surface area contributed by atoms with E-state index < -0.39 is 11.8 Å². The van der Waals surface area contributed by atoms with Gasteiger partial charge in [-0.2, -0.15) is 5.26 Å². The topological polar surface area (TPSA) is 99.9 Å². The van der Waals surface area contributed by atoms with E-state index in [1.165, 1.54) is 6.20 Å². The van der Waals surface area contributed by atoms with Gasteiger partial charge in [0.05, 0.1) is 11.3 Å². The Bertz CT molecular complexity index is 1030. The third-order valence-corrected chi connectivity index (χ3v) is 5.41. The number of aromatic nitrogens is 1. The summed E-state index contributed by atoms with van der Waals surface area (Å²) < 4.78 is 0. The Morgan fingerprint density at radius 2 is 1.90 bits per heavy atom. The van der Waals surface area contributed by atoms with E-state index in [1.807, 2.05) is 45.9 Å². The average Bonchev–Trinajstić information content (AvgIpc) is 2.94. The van der Waals surface area contributed by atoms with Crippen molar-refractivity contribution >= 4 is 17.5 Å². The third kappa shape index (κ3) is 4.30. The Hall–Kier alpha value is -3.33. The first-order valence-corrected chi connectivity index (χ1v) is 10.0. The maximum Gasteiger partial charge on any atom is 0.220 e. The summed E-state index contributed by atoms with van der Waals surface area (Å²) in [6.45, 7) is 7.49. The van der Waals surface area contributed by atoms with Crippen molar-refractivity contribution in [2.24, 2.45) is 5.92 Å². The maximum atomic E-state index is 13.0. The van der Waals surface area contributed by atoms with Crippen LogP contribution in [0, 0.1) is 31.1 Å². The van der Waals surface area contributed by atoms with E-state index in [0.717, 1.165) is 27.9 Å². The van der Waals surface area contributed by atoms with Gasteiger partial charge in [-0.25, -0.2) is 0 Å². The SMILES string of the molecule is Cc1cc(-c2ccc(C#N)cn2)cc(C)c1C1C(=O)CC(CC(=O)NC(C)C)C1=O. The standard InChI is InChI=1S/C24H25N3O3/c1-13(2)27-21(29)10-18-9-20(28)23(24(18)30)22-14(3)7-17(8-15(22)4)19-6-5-16(11-25)12-26-19/h5-8,12-13,18,23H,9-10H2,1-4H3,(H,27,29). The molecule has 2 unspecified atom stereocenters. The van der Waals surface area contributed by atoms with Crippen LogP contribution in [0.4, 0.5) is 0 Å². The first-order chi connectivity index (χ1) is 14.2. The lowest BCUT2D eigenvalue weighted by Gasteiger charge is -2.17. The molecule has 0 saturated heterocycles. The van der Waals surface area contributed by atoms with E-state index in [0.29, 0.717) is 5.56 Å². The molecule has 1 heterocycles. The fourth-order valence-corrected chi connectivity index (χ4v) is 4.15. The molecule has 1 aliphatic rings. The van der Waals surface area contributed by atoms with Gasteiger partial charge in [0.15, 0.2) is 5.78 Å². The normalized spacial score (nSPS) is 18.5. The van der Waals surface area contributed by atoms with Crippen LogP contribution < -0.4 is 5.32 Å². The minimum atomic E-state index is -0.815. The summed E-state index contributed by atoms with van der Waals surface area (Å²) in [7, 11) is 0. The molecule has 0 radical (unpaired) electrons. The summed E-state index contributed by atoms with van der Waals surface area (Å²) in [5.74, 6) is -1.88. The lowest BCUT2D eigenvalue weighted by atomic mass is 9.85. The summed E-state index contributed by atoms with van der Waals surface area (Å²) in [6, 6.07) is 9.35. The highest BCUT2D eigenvalue weighted by Crippen LogP contribution is 2.38. The molecule has 1 aliphatic carbocycles. The molecule has 1 aromatic heterocycles. The Balaban J connectivity index is 1.88. The number of carbonyl (C=O) groups excluding carboxylic acids is 3. The second-order valence-corrected chi connectivity index (χ2v) is 8.20. The molecule has 1 aromatic carbocycles. The molecular weight excluding hydrogens is 378 g/mol. The first kappa shape index (κ1) is 21.4. The predicted molar refractivity (Wildman–Crippen MR) is 113 cm³/mol. The van der Waals surface area contributed by atoms with Crippen LogP contribution in [0.2, 0.25) is 0 Å². The van der Waals surface area contributed by atoms with Crippen molar-refractivity contribution in [2.75, 3.05) is 0 Å². The van der Waals surface area contributed by atoms with Gasteiger partial charge in [0, 0.05) is 36.6 Å². The second-order valence-electron chi connectivity index (χ2n) is 8.20. The molecule has 3 rings (SSSR count). The number of Topliss-reactive ketones (excluding diaryl/α,β-unsaturated/α-hetero) is 2. The van der Waals surface area contributed by atoms with Crippen molar-refractivity contribution < 1.29 is 14.4 Å². The zero-order valence-electron chi connectivity index (χ0n) is 17.7. The molecule has 1 fully saturated rings. The summed E-state index contributed by atoms with van der Waals surface area (Å²) in [6.07, 6.45) is 1.67. The summed E-state index contributed by atoms with van der Waals surface area (Å²) in [5.41, 5.74) is 4.49. The van der Waals surface area contributed by atoms with Crippen molar-refractivity contribution in [3.05, 3.63) is 52.7 Å². The number of nitrogens with zero attached hydrogens (tertiary/aromatic N) is 2. The molecular formula is C24H25N3O3. The largest absolute Gasteiger partial charge is 0.354 e.